The quantitative estimate of drug-likeness (QED) is 0.220. The molecule has 40 heavy (non-hydrogen) atoms. The Morgan fingerprint density at radius 2 is 1.60 bits per heavy atom. The number of amides is 3. The molecule has 0 aliphatic heterocycles. The molecule has 4 rings (SSSR count). The molecule has 0 aliphatic carbocycles. The van der Waals surface area contributed by atoms with Crippen LogP contribution in [0.15, 0.2) is 84.9 Å². The summed E-state index contributed by atoms with van der Waals surface area (Å²) in [6, 6.07) is 20.2. The van der Waals surface area contributed by atoms with Crippen molar-refractivity contribution in [2.45, 2.75) is 25.9 Å². The van der Waals surface area contributed by atoms with Crippen molar-refractivity contribution in [3.8, 4) is 16.9 Å². The molecule has 0 aliphatic rings. The number of carbonyl (C=O) groups excluding carboxylic acids is 2. The molecule has 0 spiro atoms. The number of rotatable bonds is 9. The van der Waals surface area contributed by atoms with Crippen LogP contribution in [-0.2, 0) is 11.0 Å². The first-order valence-electron chi connectivity index (χ1n) is 12.6. The molecular formula is C29H27F4N5O2. The van der Waals surface area contributed by atoms with E-state index in [4.69, 9.17) is 0 Å². The number of unbranched alkanes of at least 4 members (excludes halogenated alkanes) is 1. The second-order valence-electron chi connectivity index (χ2n) is 8.97. The fourth-order valence-corrected chi connectivity index (χ4v) is 3.99. The maximum atomic E-state index is 13.5. The minimum absolute atomic E-state index is 0.149. The molecule has 11 heteroatoms. The molecule has 0 saturated heterocycles. The highest BCUT2D eigenvalue weighted by Gasteiger charge is 2.34. The maximum absolute atomic E-state index is 13.5. The zero-order valence-electron chi connectivity index (χ0n) is 21.6. The van der Waals surface area contributed by atoms with Crippen molar-refractivity contribution in [1.29, 1.82) is 0 Å². The first kappa shape index (κ1) is 28.3. The molecule has 2 N–H and O–H groups in total. The molecule has 0 fully saturated rings. The number of hydrogen-bond donors (Lipinski definition) is 2. The maximum Gasteiger partial charge on any atom is 0.418 e. The van der Waals surface area contributed by atoms with Gasteiger partial charge in [0.1, 0.15) is 18.2 Å². The molecular weight excluding hydrogens is 526 g/mol. The normalized spacial score (nSPS) is 11.2. The zero-order valence-corrected chi connectivity index (χ0v) is 21.6. The molecule has 0 radical (unpaired) electrons. The van der Waals surface area contributed by atoms with Gasteiger partial charge < -0.3 is 15.5 Å². The van der Waals surface area contributed by atoms with E-state index in [1.165, 1.54) is 41.1 Å². The summed E-state index contributed by atoms with van der Waals surface area (Å²) >= 11 is 0. The van der Waals surface area contributed by atoms with E-state index in [0.717, 1.165) is 22.6 Å². The van der Waals surface area contributed by atoms with Crippen LogP contribution in [-0.4, -0.2) is 39.7 Å². The highest BCUT2D eigenvalue weighted by atomic mass is 19.4. The van der Waals surface area contributed by atoms with Crippen molar-refractivity contribution in [3.63, 3.8) is 0 Å². The van der Waals surface area contributed by atoms with Crippen LogP contribution < -0.4 is 10.6 Å². The van der Waals surface area contributed by atoms with Gasteiger partial charge in [-0.1, -0.05) is 55.8 Å². The number of aromatic nitrogens is 2. The molecule has 0 atom stereocenters. The molecule has 1 heterocycles. The Bertz CT molecular complexity index is 1450. The summed E-state index contributed by atoms with van der Waals surface area (Å²) in [4.78, 5) is 27.3. The molecule has 208 valence electrons. The van der Waals surface area contributed by atoms with Gasteiger partial charge in [0.25, 0.3) is 0 Å². The van der Waals surface area contributed by atoms with Crippen molar-refractivity contribution in [1.82, 2.24) is 14.7 Å². The lowest BCUT2D eigenvalue weighted by Crippen LogP contribution is -2.41. The molecule has 0 saturated carbocycles. The number of hydrogen-bond acceptors (Lipinski definition) is 3. The van der Waals surface area contributed by atoms with Crippen LogP contribution in [0.25, 0.3) is 16.9 Å². The number of urea groups is 1. The smallest absolute Gasteiger partial charge is 0.315 e. The van der Waals surface area contributed by atoms with Gasteiger partial charge in [0.05, 0.1) is 22.6 Å². The highest BCUT2D eigenvalue weighted by Crippen LogP contribution is 2.34. The lowest BCUT2D eigenvalue weighted by atomic mass is 10.1. The largest absolute Gasteiger partial charge is 0.418 e. The average Bonchev–Trinajstić information content (AvgIpc) is 3.35. The second-order valence-corrected chi connectivity index (χ2v) is 8.97. The Morgan fingerprint density at radius 3 is 2.27 bits per heavy atom. The summed E-state index contributed by atoms with van der Waals surface area (Å²) in [5.41, 5.74) is 0.433. The second kappa shape index (κ2) is 12.5. The number of halogens is 4. The summed E-state index contributed by atoms with van der Waals surface area (Å²) in [5.74, 6) is -0.749. The lowest BCUT2D eigenvalue weighted by Gasteiger charge is -2.23. The van der Waals surface area contributed by atoms with Crippen LogP contribution in [0.2, 0.25) is 0 Å². The molecule has 7 nitrogen and oxygen atoms in total. The summed E-state index contributed by atoms with van der Waals surface area (Å²) < 4.78 is 55.2. The third-order valence-electron chi connectivity index (χ3n) is 5.99. The van der Waals surface area contributed by atoms with Gasteiger partial charge >= 0.3 is 12.2 Å². The van der Waals surface area contributed by atoms with E-state index in [1.54, 1.807) is 6.07 Å². The summed E-state index contributed by atoms with van der Waals surface area (Å²) in [7, 11) is 0. The lowest BCUT2D eigenvalue weighted by molar-refractivity contribution is -0.137. The Kier molecular flexibility index (Phi) is 8.83. The fraction of sp³-hybridized carbons (Fsp3) is 0.207. The van der Waals surface area contributed by atoms with Crippen LogP contribution in [0.3, 0.4) is 0 Å². The number of nitrogens with zero attached hydrogens (tertiary/aromatic N) is 3. The van der Waals surface area contributed by atoms with Crippen molar-refractivity contribution < 1.29 is 27.2 Å². The standard InChI is InChI=1S/C29H27F4N5O2/c1-2-3-17-37(28(40)34-24-12-8-7-11-23(24)29(31,32)33)19-27(39)35-26-18-25(20-9-5-4-6-10-20)36-38(26)22-15-13-21(30)14-16-22/h4-16,18H,2-3,17,19H2,1H3,(H,34,40)(H,35,39). The van der Waals surface area contributed by atoms with E-state index < -0.39 is 41.7 Å². The monoisotopic (exact) mass is 553 g/mol. The molecule has 3 aromatic carbocycles. The number of nitrogens with one attached hydrogen (secondary N) is 2. The minimum Gasteiger partial charge on any atom is -0.315 e. The first-order chi connectivity index (χ1) is 19.2. The SMILES string of the molecule is CCCCN(CC(=O)Nc1cc(-c2ccccc2)nn1-c1ccc(F)cc1)C(=O)Nc1ccccc1C(F)(F)F. The predicted molar refractivity (Wildman–Crippen MR) is 145 cm³/mol. The van der Waals surface area contributed by atoms with Crippen molar-refractivity contribution in [3.05, 3.63) is 96.3 Å². The molecule has 0 unspecified atom stereocenters. The number of carbonyl (C=O) groups is 2. The van der Waals surface area contributed by atoms with E-state index in [9.17, 15) is 27.2 Å². The minimum atomic E-state index is -4.66. The third-order valence-corrected chi connectivity index (χ3v) is 5.99. The van der Waals surface area contributed by atoms with Crippen LogP contribution in [0.5, 0.6) is 0 Å². The van der Waals surface area contributed by atoms with Crippen molar-refractivity contribution in [2.75, 3.05) is 23.7 Å². The Morgan fingerprint density at radius 1 is 0.925 bits per heavy atom. The van der Waals surface area contributed by atoms with Crippen LogP contribution in [0, 0.1) is 5.82 Å². The number of benzene rings is 3. The molecule has 4 aromatic rings. The van der Waals surface area contributed by atoms with Crippen LogP contribution in [0.4, 0.5) is 33.9 Å². The fourth-order valence-electron chi connectivity index (χ4n) is 3.99. The van der Waals surface area contributed by atoms with Gasteiger partial charge in [0, 0.05) is 18.2 Å². The molecule has 1 aromatic heterocycles. The van der Waals surface area contributed by atoms with Gasteiger partial charge in [-0.05, 0) is 42.8 Å². The van der Waals surface area contributed by atoms with E-state index in [1.807, 2.05) is 37.3 Å². The third kappa shape index (κ3) is 7.04. The molecule has 0 bridgehead atoms. The topological polar surface area (TPSA) is 79.3 Å². The number of para-hydroxylation sites is 1. The summed E-state index contributed by atoms with van der Waals surface area (Å²) in [5, 5.41) is 9.60. The van der Waals surface area contributed by atoms with Gasteiger partial charge in [0.15, 0.2) is 0 Å². The average molecular weight is 554 g/mol. The first-order valence-corrected chi connectivity index (χ1v) is 12.6. The van der Waals surface area contributed by atoms with Crippen molar-refractivity contribution >= 4 is 23.4 Å². The highest BCUT2D eigenvalue weighted by molar-refractivity contribution is 5.97. The van der Waals surface area contributed by atoms with Crippen LogP contribution in [0.1, 0.15) is 25.3 Å². The van der Waals surface area contributed by atoms with Gasteiger partial charge in [0.2, 0.25) is 5.91 Å². The summed E-state index contributed by atoms with van der Waals surface area (Å²) in [6.07, 6.45) is -3.43. The van der Waals surface area contributed by atoms with Gasteiger partial charge in [-0.3, -0.25) is 4.79 Å². The van der Waals surface area contributed by atoms with Gasteiger partial charge in [-0.15, -0.1) is 0 Å². The Balaban J connectivity index is 1.57. The van der Waals surface area contributed by atoms with Gasteiger partial charge in [-0.25, -0.2) is 13.9 Å². The number of anilines is 2. The summed E-state index contributed by atoms with van der Waals surface area (Å²) in [6.45, 7) is 1.62. The zero-order chi connectivity index (χ0) is 28.7. The van der Waals surface area contributed by atoms with Gasteiger partial charge in [-0.2, -0.15) is 18.3 Å². The predicted octanol–water partition coefficient (Wildman–Crippen LogP) is 6.97. The Hall–Kier alpha value is -4.67. The van der Waals surface area contributed by atoms with E-state index in [2.05, 4.69) is 15.7 Å². The molecule has 3 amide bonds. The van der Waals surface area contributed by atoms with E-state index in [-0.39, 0.29) is 12.4 Å². The number of alkyl halides is 3. The Labute approximate surface area is 228 Å². The van der Waals surface area contributed by atoms with Crippen molar-refractivity contribution in [2.24, 2.45) is 0 Å². The van der Waals surface area contributed by atoms with E-state index >= 15 is 0 Å². The van der Waals surface area contributed by atoms with Crippen LogP contribution >= 0.6 is 0 Å². The van der Waals surface area contributed by atoms with E-state index in [0.29, 0.717) is 24.2 Å².